The van der Waals surface area contributed by atoms with Crippen molar-refractivity contribution in [1.29, 1.82) is 0 Å². The number of nitrogens with zero attached hydrogens (tertiary/aromatic N) is 1. The average Bonchev–Trinajstić information content (AvgIpc) is 3.07. The second kappa shape index (κ2) is 7.28. The highest BCUT2D eigenvalue weighted by molar-refractivity contribution is 7.91. The molecule has 0 aliphatic rings. The maximum absolute atomic E-state index is 12.1. The van der Waals surface area contributed by atoms with Crippen molar-refractivity contribution in [2.45, 2.75) is 17.1 Å². The zero-order valence-corrected chi connectivity index (χ0v) is 13.6. The second-order valence-corrected chi connectivity index (χ2v) is 8.29. The Bertz CT molecular complexity index is 620. The first kappa shape index (κ1) is 15.6. The molecule has 2 heterocycles. The number of hydrogen-bond donors (Lipinski definition) is 2. The van der Waals surface area contributed by atoms with E-state index in [1.54, 1.807) is 12.3 Å². The molecule has 0 radical (unpaired) electrons. The first-order valence-corrected chi connectivity index (χ1v) is 9.41. The van der Waals surface area contributed by atoms with E-state index < -0.39 is 10.0 Å². The third-order valence-corrected chi connectivity index (χ3v) is 6.57. The smallest absolute Gasteiger partial charge is 0.250 e. The van der Waals surface area contributed by atoms with Crippen LogP contribution < -0.4 is 10.0 Å². The van der Waals surface area contributed by atoms with Crippen LogP contribution in [0, 0.1) is 0 Å². The summed E-state index contributed by atoms with van der Waals surface area (Å²) in [5.74, 6) is 0. The molecule has 0 atom stereocenters. The molecule has 0 fully saturated rings. The van der Waals surface area contributed by atoms with E-state index in [1.807, 2.05) is 18.5 Å². The normalized spacial score (nSPS) is 11.8. The quantitative estimate of drug-likeness (QED) is 0.769. The van der Waals surface area contributed by atoms with Crippen LogP contribution in [0.2, 0.25) is 0 Å². The first-order chi connectivity index (χ1) is 9.62. The maximum Gasteiger partial charge on any atom is 0.250 e. The zero-order valence-electron chi connectivity index (χ0n) is 11.1. The van der Waals surface area contributed by atoms with Crippen LogP contribution in [0.1, 0.15) is 9.88 Å². The summed E-state index contributed by atoms with van der Waals surface area (Å²) >= 11 is 2.86. The van der Waals surface area contributed by atoms with Gasteiger partial charge in [-0.25, -0.2) is 18.1 Å². The molecular weight excluding hydrogens is 314 g/mol. The molecule has 0 spiro atoms. The van der Waals surface area contributed by atoms with Crippen LogP contribution in [-0.2, 0) is 22.9 Å². The Morgan fingerprint density at radius 1 is 1.25 bits per heavy atom. The van der Waals surface area contributed by atoms with Gasteiger partial charge in [0, 0.05) is 29.4 Å². The van der Waals surface area contributed by atoms with Crippen molar-refractivity contribution < 1.29 is 8.42 Å². The van der Waals surface area contributed by atoms with Crippen LogP contribution in [0.3, 0.4) is 0 Å². The largest absolute Gasteiger partial charge is 0.319 e. The molecular formula is C12H17N3O2S3. The van der Waals surface area contributed by atoms with Gasteiger partial charge in [0.1, 0.15) is 4.21 Å². The van der Waals surface area contributed by atoms with Gasteiger partial charge in [0.25, 0.3) is 0 Å². The van der Waals surface area contributed by atoms with Crippen molar-refractivity contribution >= 4 is 32.7 Å². The SMILES string of the molecule is CNCCc1ccc(S(=O)(=O)NCCc2nccs2)s1. The van der Waals surface area contributed by atoms with Gasteiger partial charge in [-0.3, -0.25) is 0 Å². The zero-order chi connectivity index (χ0) is 14.4. The number of thiophene rings is 1. The minimum atomic E-state index is -3.39. The first-order valence-electron chi connectivity index (χ1n) is 6.23. The van der Waals surface area contributed by atoms with Gasteiger partial charge in [-0.05, 0) is 32.1 Å². The summed E-state index contributed by atoms with van der Waals surface area (Å²) in [6.07, 6.45) is 3.19. The lowest BCUT2D eigenvalue weighted by Crippen LogP contribution is -2.25. The number of sulfonamides is 1. The summed E-state index contributed by atoms with van der Waals surface area (Å²) in [4.78, 5) is 5.19. The molecule has 2 aromatic heterocycles. The average molecular weight is 331 g/mol. The van der Waals surface area contributed by atoms with Crippen LogP contribution in [0.25, 0.3) is 0 Å². The van der Waals surface area contributed by atoms with E-state index in [9.17, 15) is 8.42 Å². The molecule has 0 saturated carbocycles. The van der Waals surface area contributed by atoms with Crippen LogP contribution in [0.5, 0.6) is 0 Å². The minimum absolute atomic E-state index is 0.375. The summed E-state index contributed by atoms with van der Waals surface area (Å²) in [5.41, 5.74) is 0. The van der Waals surface area contributed by atoms with Crippen molar-refractivity contribution in [2.75, 3.05) is 20.1 Å². The van der Waals surface area contributed by atoms with Crippen molar-refractivity contribution in [3.8, 4) is 0 Å². The number of likely N-dealkylation sites (N-methyl/N-ethyl adjacent to an activating group) is 1. The van der Waals surface area contributed by atoms with Crippen molar-refractivity contribution in [3.63, 3.8) is 0 Å². The molecule has 0 amide bonds. The molecule has 5 nitrogen and oxygen atoms in total. The van der Waals surface area contributed by atoms with E-state index in [4.69, 9.17) is 0 Å². The van der Waals surface area contributed by atoms with Crippen LogP contribution >= 0.6 is 22.7 Å². The van der Waals surface area contributed by atoms with Crippen molar-refractivity contribution in [3.05, 3.63) is 33.6 Å². The molecule has 0 saturated heterocycles. The Kier molecular flexibility index (Phi) is 5.67. The summed E-state index contributed by atoms with van der Waals surface area (Å²) in [5, 5.41) is 5.87. The summed E-state index contributed by atoms with van der Waals surface area (Å²) in [7, 11) is -1.51. The molecule has 0 unspecified atom stereocenters. The Morgan fingerprint density at radius 3 is 2.80 bits per heavy atom. The Hall–Kier alpha value is -0.800. The predicted octanol–water partition coefficient (Wildman–Crippen LogP) is 1.49. The fourth-order valence-corrected chi connectivity index (χ4v) is 4.68. The molecule has 0 aliphatic carbocycles. The Morgan fingerprint density at radius 2 is 2.10 bits per heavy atom. The van der Waals surface area contributed by atoms with E-state index in [2.05, 4.69) is 15.0 Å². The van der Waals surface area contributed by atoms with E-state index in [-0.39, 0.29) is 0 Å². The van der Waals surface area contributed by atoms with Gasteiger partial charge in [-0.1, -0.05) is 0 Å². The topological polar surface area (TPSA) is 71.1 Å². The molecule has 2 N–H and O–H groups in total. The third-order valence-electron chi connectivity index (χ3n) is 2.64. The third kappa shape index (κ3) is 4.35. The highest BCUT2D eigenvalue weighted by atomic mass is 32.2. The molecule has 2 aromatic rings. The predicted molar refractivity (Wildman–Crippen MR) is 83.0 cm³/mol. The van der Waals surface area contributed by atoms with E-state index in [0.717, 1.165) is 22.9 Å². The molecule has 20 heavy (non-hydrogen) atoms. The van der Waals surface area contributed by atoms with Gasteiger partial charge in [-0.2, -0.15) is 0 Å². The van der Waals surface area contributed by atoms with Crippen LogP contribution in [0.15, 0.2) is 27.9 Å². The number of rotatable bonds is 8. The van der Waals surface area contributed by atoms with Gasteiger partial charge >= 0.3 is 0 Å². The molecule has 0 bridgehead atoms. The van der Waals surface area contributed by atoms with Gasteiger partial charge < -0.3 is 5.32 Å². The van der Waals surface area contributed by atoms with Crippen LogP contribution in [-0.4, -0.2) is 33.5 Å². The molecule has 0 aromatic carbocycles. The number of aromatic nitrogens is 1. The van der Waals surface area contributed by atoms with Crippen molar-refractivity contribution in [2.24, 2.45) is 0 Å². The Labute approximate surface area is 127 Å². The summed E-state index contributed by atoms with van der Waals surface area (Å²) in [6, 6.07) is 3.54. The molecule has 8 heteroatoms. The summed E-state index contributed by atoms with van der Waals surface area (Å²) < 4.78 is 27.2. The highest BCUT2D eigenvalue weighted by Gasteiger charge is 2.16. The lowest BCUT2D eigenvalue weighted by molar-refractivity contribution is 0.583. The van der Waals surface area contributed by atoms with E-state index in [1.165, 1.54) is 22.7 Å². The van der Waals surface area contributed by atoms with E-state index >= 15 is 0 Å². The standard InChI is InChI=1S/C12H17N3O2S3/c1-13-6-4-10-2-3-12(19-10)20(16,17)15-7-5-11-14-8-9-18-11/h2-3,8-9,13,15H,4-7H2,1H3. The lowest BCUT2D eigenvalue weighted by Gasteiger charge is -2.03. The van der Waals surface area contributed by atoms with Gasteiger partial charge in [0.05, 0.1) is 5.01 Å². The minimum Gasteiger partial charge on any atom is -0.319 e. The van der Waals surface area contributed by atoms with Gasteiger partial charge in [-0.15, -0.1) is 22.7 Å². The fourth-order valence-electron chi connectivity index (χ4n) is 1.63. The van der Waals surface area contributed by atoms with Crippen LogP contribution in [0.4, 0.5) is 0 Å². The van der Waals surface area contributed by atoms with Gasteiger partial charge in [0.2, 0.25) is 10.0 Å². The molecule has 110 valence electrons. The van der Waals surface area contributed by atoms with Crippen molar-refractivity contribution in [1.82, 2.24) is 15.0 Å². The Balaban J connectivity index is 1.90. The summed E-state index contributed by atoms with van der Waals surface area (Å²) in [6.45, 7) is 1.22. The number of nitrogens with one attached hydrogen (secondary N) is 2. The van der Waals surface area contributed by atoms with Gasteiger partial charge in [0.15, 0.2) is 0 Å². The second-order valence-electron chi connectivity index (χ2n) is 4.15. The number of hydrogen-bond acceptors (Lipinski definition) is 6. The molecule has 2 rings (SSSR count). The maximum atomic E-state index is 12.1. The van der Waals surface area contributed by atoms with E-state index in [0.29, 0.717) is 17.2 Å². The highest BCUT2D eigenvalue weighted by Crippen LogP contribution is 2.21. The molecule has 0 aliphatic heterocycles. The number of thiazole rings is 1. The lowest BCUT2D eigenvalue weighted by atomic mass is 10.3. The monoisotopic (exact) mass is 331 g/mol. The fraction of sp³-hybridized carbons (Fsp3) is 0.417.